The van der Waals surface area contributed by atoms with Gasteiger partial charge >= 0.3 is 0 Å². The van der Waals surface area contributed by atoms with Crippen molar-refractivity contribution in [2.75, 3.05) is 13.1 Å². The lowest BCUT2D eigenvalue weighted by atomic mass is 9.95. The highest BCUT2D eigenvalue weighted by molar-refractivity contribution is 5.78. The average Bonchev–Trinajstić information content (AvgIpc) is 2.76. The van der Waals surface area contributed by atoms with Crippen LogP contribution in [-0.2, 0) is 18.4 Å². The molecule has 0 spiro atoms. The number of piperidine rings is 1. The van der Waals surface area contributed by atoms with Crippen LogP contribution in [0.1, 0.15) is 37.9 Å². The smallest absolute Gasteiger partial charge is 0.223 e. The number of aryl methyl sites for hydroxylation is 1. The molecule has 1 saturated heterocycles. The van der Waals surface area contributed by atoms with Gasteiger partial charge in [-0.3, -0.25) is 9.48 Å². The van der Waals surface area contributed by atoms with E-state index >= 15 is 0 Å². The summed E-state index contributed by atoms with van der Waals surface area (Å²) in [5.74, 6) is 0.360. The topological polar surface area (TPSA) is 50.2 Å². The van der Waals surface area contributed by atoms with Gasteiger partial charge in [0.1, 0.15) is 0 Å². The maximum atomic E-state index is 12.2. The molecule has 1 aromatic heterocycles. The van der Waals surface area contributed by atoms with Crippen LogP contribution in [0.25, 0.3) is 0 Å². The van der Waals surface area contributed by atoms with Crippen LogP contribution in [-0.4, -0.2) is 39.7 Å². The van der Waals surface area contributed by atoms with Crippen molar-refractivity contribution in [2.45, 2.75) is 46.2 Å². The number of nitrogens with one attached hydrogen (secondary N) is 1. The first-order valence-electron chi connectivity index (χ1n) is 7.48. The van der Waals surface area contributed by atoms with Gasteiger partial charge < -0.3 is 10.2 Å². The van der Waals surface area contributed by atoms with Crippen molar-refractivity contribution in [3.05, 3.63) is 17.5 Å². The minimum Gasteiger partial charge on any atom is -0.352 e. The Balaban J connectivity index is 1.80. The molecule has 2 heterocycles. The minimum atomic E-state index is 0.168. The van der Waals surface area contributed by atoms with Gasteiger partial charge in [-0.15, -0.1) is 0 Å². The monoisotopic (exact) mass is 278 g/mol. The average molecular weight is 278 g/mol. The van der Waals surface area contributed by atoms with Crippen molar-refractivity contribution in [3.63, 3.8) is 0 Å². The Hall–Kier alpha value is -1.36. The van der Waals surface area contributed by atoms with E-state index in [1.54, 1.807) is 0 Å². The second kappa shape index (κ2) is 6.39. The molecule has 0 radical (unpaired) electrons. The number of hydrogen-bond donors (Lipinski definition) is 1. The zero-order chi connectivity index (χ0) is 14.7. The zero-order valence-corrected chi connectivity index (χ0v) is 13.0. The Morgan fingerprint density at radius 1 is 1.45 bits per heavy atom. The van der Waals surface area contributed by atoms with E-state index in [4.69, 9.17) is 0 Å². The summed E-state index contributed by atoms with van der Waals surface area (Å²) in [7, 11) is 1.92. The van der Waals surface area contributed by atoms with Gasteiger partial charge in [0, 0.05) is 36.8 Å². The largest absolute Gasteiger partial charge is 0.352 e. The van der Waals surface area contributed by atoms with Crippen LogP contribution < -0.4 is 5.32 Å². The minimum absolute atomic E-state index is 0.168. The third-order valence-corrected chi connectivity index (χ3v) is 4.42. The second-order valence-corrected chi connectivity index (χ2v) is 6.00. The van der Waals surface area contributed by atoms with Crippen molar-refractivity contribution >= 4 is 5.91 Å². The van der Waals surface area contributed by atoms with Crippen molar-refractivity contribution in [2.24, 2.45) is 13.0 Å². The standard InChI is InChI=1S/C15H26N4O/c1-11(2)19-7-5-13(6-8-19)15(20)16-9-14-10-17-18(4)12(14)3/h10-11,13H,5-9H2,1-4H3,(H,16,20). The molecule has 0 aliphatic carbocycles. The molecule has 5 nitrogen and oxygen atoms in total. The summed E-state index contributed by atoms with van der Waals surface area (Å²) in [6, 6.07) is 0.581. The van der Waals surface area contributed by atoms with Crippen LogP contribution in [0, 0.1) is 12.8 Å². The molecule has 1 fully saturated rings. The van der Waals surface area contributed by atoms with Crippen LogP contribution in [0.5, 0.6) is 0 Å². The van der Waals surface area contributed by atoms with E-state index in [-0.39, 0.29) is 11.8 Å². The highest BCUT2D eigenvalue weighted by atomic mass is 16.1. The van der Waals surface area contributed by atoms with E-state index < -0.39 is 0 Å². The number of carbonyl (C=O) groups is 1. The van der Waals surface area contributed by atoms with Crippen LogP contribution in [0.2, 0.25) is 0 Å². The lowest BCUT2D eigenvalue weighted by Gasteiger charge is -2.33. The first kappa shape index (κ1) is 15.0. The first-order chi connectivity index (χ1) is 9.49. The molecule has 5 heteroatoms. The summed E-state index contributed by atoms with van der Waals surface area (Å²) in [6.07, 6.45) is 3.77. The third kappa shape index (κ3) is 3.39. The van der Waals surface area contributed by atoms with E-state index in [9.17, 15) is 4.79 Å². The number of rotatable bonds is 4. The fourth-order valence-electron chi connectivity index (χ4n) is 2.72. The lowest BCUT2D eigenvalue weighted by Crippen LogP contribution is -2.42. The highest BCUT2D eigenvalue weighted by Gasteiger charge is 2.25. The predicted molar refractivity (Wildman–Crippen MR) is 79.2 cm³/mol. The summed E-state index contributed by atoms with van der Waals surface area (Å²) >= 11 is 0. The van der Waals surface area contributed by atoms with Gasteiger partial charge in [-0.05, 0) is 46.7 Å². The van der Waals surface area contributed by atoms with Crippen LogP contribution >= 0.6 is 0 Å². The fourth-order valence-corrected chi connectivity index (χ4v) is 2.72. The molecule has 1 aromatic rings. The number of likely N-dealkylation sites (tertiary alicyclic amines) is 1. The molecule has 1 amide bonds. The van der Waals surface area contributed by atoms with Crippen molar-refractivity contribution in [1.29, 1.82) is 0 Å². The maximum Gasteiger partial charge on any atom is 0.223 e. The van der Waals surface area contributed by atoms with E-state index in [0.29, 0.717) is 12.6 Å². The van der Waals surface area contributed by atoms with Crippen LogP contribution in [0.15, 0.2) is 6.20 Å². The SMILES string of the molecule is Cc1c(CNC(=O)C2CCN(C(C)C)CC2)cnn1C. The molecule has 0 unspecified atom stereocenters. The maximum absolute atomic E-state index is 12.2. The highest BCUT2D eigenvalue weighted by Crippen LogP contribution is 2.19. The Kier molecular flexibility index (Phi) is 4.81. The third-order valence-electron chi connectivity index (χ3n) is 4.42. The van der Waals surface area contributed by atoms with E-state index in [0.717, 1.165) is 37.2 Å². The van der Waals surface area contributed by atoms with Crippen LogP contribution in [0.4, 0.5) is 0 Å². The van der Waals surface area contributed by atoms with Gasteiger partial charge in [0.25, 0.3) is 0 Å². The van der Waals surface area contributed by atoms with Gasteiger partial charge in [-0.25, -0.2) is 0 Å². The quantitative estimate of drug-likeness (QED) is 0.907. The molecule has 2 rings (SSSR count). The number of amides is 1. The molecule has 1 aliphatic rings. The Labute approximate surface area is 121 Å². The first-order valence-corrected chi connectivity index (χ1v) is 7.48. The van der Waals surface area contributed by atoms with Crippen molar-refractivity contribution < 1.29 is 4.79 Å². The summed E-state index contributed by atoms with van der Waals surface area (Å²) < 4.78 is 1.84. The number of carbonyl (C=O) groups excluding carboxylic acids is 1. The summed E-state index contributed by atoms with van der Waals surface area (Å²) in [6.45, 7) is 9.10. The van der Waals surface area contributed by atoms with Crippen molar-refractivity contribution in [3.8, 4) is 0 Å². The number of nitrogens with zero attached hydrogens (tertiary/aromatic N) is 3. The molecular weight excluding hydrogens is 252 g/mol. The van der Waals surface area contributed by atoms with Gasteiger partial charge in [0.15, 0.2) is 0 Å². The van der Waals surface area contributed by atoms with Gasteiger partial charge in [-0.1, -0.05) is 0 Å². The Morgan fingerprint density at radius 3 is 2.60 bits per heavy atom. The van der Waals surface area contributed by atoms with Gasteiger partial charge in [0.05, 0.1) is 6.20 Å². The summed E-state index contributed by atoms with van der Waals surface area (Å²) in [5, 5.41) is 7.25. The van der Waals surface area contributed by atoms with Gasteiger partial charge in [0.2, 0.25) is 5.91 Å². The van der Waals surface area contributed by atoms with Gasteiger partial charge in [-0.2, -0.15) is 5.10 Å². The summed E-state index contributed by atoms with van der Waals surface area (Å²) in [5.41, 5.74) is 2.21. The summed E-state index contributed by atoms with van der Waals surface area (Å²) in [4.78, 5) is 14.6. The molecule has 1 N–H and O–H groups in total. The molecule has 0 saturated carbocycles. The molecule has 0 bridgehead atoms. The number of hydrogen-bond acceptors (Lipinski definition) is 3. The zero-order valence-electron chi connectivity index (χ0n) is 13.0. The normalized spacial score (nSPS) is 17.6. The molecular formula is C15H26N4O. The molecule has 20 heavy (non-hydrogen) atoms. The van der Waals surface area contributed by atoms with E-state index in [1.807, 2.05) is 24.9 Å². The van der Waals surface area contributed by atoms with Crippen molar-refractivity contribution in [1.82, 2.24) is 20.0 Å². The van der Waals surface area contributed by atoms with Crippen LogP contribution in [0.3, 0.4) is 0 Å². The lowest BCUT2D eigenvalue weighted by molar-refractivity contribution is -0.126. The van der Waals surface area contributed by atoms with E-state index in [1.165, 1.54) is 0 Å². The number of aromatic nitrogens is 2. The molecule has 0 atom stereocenters. The fraction of sp³-hybridized carbons (Fsp3) is 0.733. The molecule has 112 valence electrons. The Bertz CT molecular complexity index is 458. The predicted octanol–water partition coefficient (Wildman–Crippen LogP) is 1.47. The molecule has 0 aromatic carbocycles. The Morgan fingerprint density at radius 2 is 2.10 bits per heavy atom. The van der Waals surface area contributed by atoms with E-state index in [2.05, 4.69) is 29.2 Å². The second-order valence-electron chi connectivity index (χ2n) is 6.00. The molecule has 1 aliphatic heterocycles.